The van der Waals surface area contributed by atoms with Gasteiger partial charge in [-0.05, 0) is 6.42 Å². The summed E-state index contributed by atoms with van der Waals surface area (Å²) in [4.78, 5) is 2.28. The summed E-state index contributed by atoms with van der Waals surface area (Å²) in [5.41, 5.74) is 0. The van der Waals surface area contributed by atoms with E-state index in [0.29, 0.717) is 0 Å². The molecule has 118 valence electrons. The van der Waals surface area contributed by atoms with Crippen LogP contribution in [0.1, 0.15) is 84.0 Å². The van der Waals surface area contributed by atoms with Gasteiger partial charge in [-0.3, -0.25) is 4.42 Å². The molecule has 0 aromatic carbocycles. The fourth-order valence-electron chi connectivity index (χ4n) is 2.74. The summed E-state index contributed by atoms with van der Waals surface area (Å²) in [6.45, 7) is 4.28. The van der Waals surface area contributed by atoms with Crippen molar-refractivity contribution >= 4 is 11.8 Å². The van der Waals surface area contributed by atoms with Gasteiger partial charge in [-0.2, -0.15) is 0 Å². The second-order valence-electron chi connectivity index (χ2n) is 6.04. The van der Waals surface area contributed by atoms with Crippen LogP contribution in [0, 0.1) is 0 Å². The van der Waals surface area contributed by atoms with Gasteiger partial charge in [0.05, 0.1) is 0 Å². The van der Waals surface area contributed by atoms with Gasteiger partial charge in [-0.15, -0.1) is 0 Å². The van der Waals surface area contributed by atoms with Crippen molar-refractivity contribution in [2.45, 2.75) is 84.0 Å². The highest BCUT2D eigenvalue weighted by atomic mass is 35.5. The molecule has 3 heteroatoms. The maximum absolute atomic E-state index is 5.86. The zero-order chi connectivity index (χ0) is 14.5. The predicted octanol–water partition coefficient (Wildman–Crippen LogP) is 5.89. The van der Waals surface area contributed by atoms with Crippen molar-refractivity contribution in [3.05, 3.63) is 12.4 Å². The molecule has 0 aromatic heterocycles. The third kappa shape index (κ3) is 9.52. The lowest BCUT2D eigenvalue weighted by molar-refractivity contribution is 0.331. The Morgan fingerprint density at radius 2 is 1.25 bits per heavy atom. The van der Waals surface area contributed by atoms with Crippen LogP contribution in [0.5, 0.6) is 0 Å². The van der Waals surface area contributed by atoms with E-state index in [1.807, 2.05) is 6.20 Å². The van der Waals surface area contributed by atoms with E-state index in [-0.39, 0.29) is 0 Å². The van der Waals surface area contributed by atoms with E-state index in [9.17, 15) is 0 Å². The normalized spacial score (nSPS) is 14.5. The standard InChI is InChI=1S/C17H33ClN2/c1-2-3-4-5-6-7-8-9-10-11-12-13-14-19-15-16-20(18)17-19/h15-16H,2-14,17H2,1H3. The molecule has 0 aromatic rings. The lowest BCUT2D eigenvalue weighted by atomic mass is 10.1. The summed E-state index contributed by atoms with van der Waals surface area (Å²) in [6.07, 6.45) is 21.0. The first-order valence-electron chi connectivity index (χ1n) is 8.67. The van der Waals surface area contributed by atoms with Gasteiger partial charge in [-0.25, -0.2) is 0 Å². The molecule has 1 aliphatic heterocycles. The summed E-state index contributed by atoms with van der Waals surface area (Å²) in [5, 5.41) is 0. The van der Waals surface area contributed by atoms with Crippen LogP contribution in [-0.2, 0) is 0 Å². The van der Waals surface area contributed by atoms with Crippen LogP contribution in [0.15, 0.2) is 12.4 Å². The average molecular weight is 301 g/mol. The average Bonchev–Trinajstić information content (AvgIpc) is 2.86. The zero-order valence-electron chi connectivity index (χ0n) is 13.3. The highest BCUT2D eigenvalue weighted by Gasteiger charge is 2.08. The Hall–Kier alpha value is -0.370. The molecule has 0 saturated heterocycles. The molecule has 0 bridgehead atoms. The van der Waals surface area contributed by atoms with Gasteiger partial charge in [-0.1, -0.05) is 77.6 Å². The quantitative estimate of drug-likeness (QED) is 0.309. The van der Waals surface area contributed by atoms with E-state index in [1.165, 1.54) is 77.0 Å². The summed E-state index contributed by atoms with van der Waals surface area (Å²) in [6, 6.07) is 0. The van der Waals surface area contributed by atoms with Crippen molar-refractivity contribution in [2.24, 2.45) is 0 Å². The fourth-order valence-corrected chi connectivity index (χ4v) is 2.92. The molecule has 0 N–H and O–H groups in total. The molecule has 0 aliphatic carbocycles. The molecule has 0 saturated carbocycles. The molecule has 0 fully saturated rings. The first-order chi connectivity index (χ1) is 9.83. The van der Waals surface area contributed by atoms with E-state index in [0.717, 1.165) is 13.2 Å². The SMILES string of the molecule is CCCCCCCCCCCCCCN1C=CN(Cl)C1. The molecule has 0 spiro atoms. The molecular formula is C17H33ClN2. The largest absolute Gasteiger partial charge is 0.357 e. The van der Waals surface area contributed by atoms with Crippen molar-refractivity contribution in [1.29, 1.82) is 0 Å². The van der Waals surface area contributed by atoms with Crippen molar-refractivity contribution < 1.29 is 0 Å². The first-order valence-corrected chi connectivity index (χ1v) is 9.01. The number of hydrogen-bond donors (Lipinski definition) is 0. The summed E-state index contributed by atoms with van der Waals surface area (Å²) in [5.74, 6) is 0. The minimum absolute atomic E-state index is 0.847. The molecule has 0 amide bonds. The van der Waals surface area contributed by atoms with Gasteiger partial charge in [0, 0.05) is 30.7 Å². The van der Waals surface area contributed by atoms with E-state index in [1.54, 1.807) is 4.42 Å². The molecular weight excluding hydrogens is 268 g/mol. The molecule has 0 atom stereocenters. The van der Waals surface area contributed by atoms with Crippen molar-refractivity contribution in [1.82, 2.24) is 9.32 Å². The number of unbranched alkanes of at least 4 members (excludes halogenated alkanes) is 11. The molecule has 20 heavy (non-hydrogen) atoms. The van der Waals surface area contributed by atoms with Crippen LogP contribution in [0.4, 0.5) is 0 Å². The molecule has 1 rings (SSSR count). The third-order valence-electron chi connectivity index (χ3n) is 4.05. The Labute approximate surface area is 131 Å². The monoisotopic (exact) mass is 300 g/mol. The Kier molecular flexibility index (Phi) is 10.9. The Morgan fingerprint density at radius 1 is 0.750 bits per heavy atom. The Bertz CT molecular complexity index is 243. The van der Waals surface area contributed by atoms with Gasteiger partial charge in [0.25, 0.3) is 0 Å². The summed E-state index contributed by atoms with van der Waals surface area (Å²) < 4.78 is 1.71. The van der Waals surface area contributed by atoms with Gasteiger partial charge in [0.1, 0.15) is 6.67 Å². The second-order valence-corrected chi connectivity index (χ2v) is 6.47. The first kappa shape index (κ1) is 17.7. The molecule has 0 unspecified atom stereocenters. The zero-order valence-corrected chi connectivity index (χ0v) is 14.1. The highest BCUT2D eigenvalue weighted by Crippen LogP contribution is 2.13. The van der Waals surface area contributed by atoms with Gasteiger partial charge >= 0.3 is 0 Å². The third-order valence-corrected chi connectivity index (χ3v) is 4.27. The smallest absolute Gasteiger partial charge is 0.105 e. The maximum atomic E-state index is 5.86. The van der Waals surface area contributed by atoms with Gasteiger partial charge in [0.15, 0.2) is 0 Å². The van der Waals surface area contributed by atoms with Crippen LogP contribution >= 0.6 is 11.8 Å². The summed E-state index contributed by atoms with van der Waals surface area (Å²) >= 11 is 5.86. The van der Waals surface area contributed by atoms with Crippen LogP contribution in [-0.4, -0.2) is 22.5 Å². The topological polar surface area (TPSA) is 6.48 Å². The lowest BCUT2D eigenvalue weighted by Crippen LogP contribution is -2.20. The second kappa shape index (κ2) is 12.4. The minimum atomic E-state index is 0.847. The molecule has 1 heterocycles. The lowest BCUT2D eigenvalue weighted by Gasteiger charge is -2.16. The van der Waals surface area contributed by atoms with E-state index in [4.69, 9.17) is 11.8 Å². The van der Waals surface area contributed by atoms with Gasteiger partial charge < -0.3 is 4.90 Å². The number of rotatable bonds is 13. The van der Waals surface area contributed by atoms with Crippen molar-refractivity contribution in [3.63, 3.8) is 0 Å². The minimum Gasteiger partial charge on any atom is -0.357 e. The van der Waals surface area contributed by atoms with E-state index in [2.05, 4.69) is 18.0 Å². The van der Waals surface area contributed by atoms with E-state index < -0.39 is 0 Å². The van der Waals surface area contributed by atoms with Crippen LogP contribution in [0.3, 0.4) is 0 Å². The summed E-state index contributed by atoms with van der Waals surface area (Å²) in [7, 11) is 0. The Morgan fingerprint density at radius 3 is 1.70 bits per heavy atom. The molecule has 1 aliphatic rings. The van der Waals surface area contributed by atoms with Crippen molar-refractivity contribution in [3.8, 4) is 0 Å². The number of nitrogens with zero attached hydrogens (tertiary/aromatic N) is 2. The van der Waals surface area contributed by atoms with Crippen LogP contribution in [0.25, 0.3) is 0 Å². The maximum Gasteiger partial charge on any atom is 0.105 e. The fraction of sp³-hybridized carbons (Fsp3) is 0.882. The highest BCUT2D eigenvalue weighted by molar-refractivity contribution is 6.14. The van der Waals surface area contributed by atoms with Crippen molar-refractivity contribution in [2.75, 3.05) is 13.2 Å². The van der Waals surface area contributed by atoms with Crippen LogP contribution < -0.4 is 0 Å². The number of hydrogen-bond acceptors (Lipinski definition) is 2. The Balaban J connectivity index is 1.71. The van der Waals surface area contributed by atoms with Crippen LogP contribution in [0.2, 0.25) is 0 Å². The predicted molar refractivity (Wildman–Crippen MR) is 89.5 cm³/mol. The molecule has 2 nitrogen and oxygen atoms in total. The van der Waals surface area contributed by atoms with Gasteiger partial charge in [0.2, 0.25) is 0 Å². The number of halogens is 1. The van der Waals surface area contributed by atoms with E-state index >= 15 is 0 Å². The molecule has 0 radical (unpaired) electrons.